The van der Waals surface area contributed by atoms with E-state index < -0.39 is 27.6 Å². The smallest absolute Gasteiger partial charge is 0.335 e. The van der Waals surface area contributed by atoms with Gasteiger partial charge in [0.2, 0.25) is 0 Å². The Bertz CT molecular complexity index is 1310. The molecule has 0 aliphatic carbocycles. The number of benzene rings is 1. The largest absolute Gasteiger partial charge is 0.431 e. The van der Waals surface area contributed by atoms with Crippen molar-refractivity contribution < 1.29 is 26.4 Å². The number of alkyl halides is 3. The van der Waals surface area contributed by atoms with Crippen LogP contribution in [0, 0.1) is 6.92 Å². The molecule has 2 aromatic heterocycles. The van der Waals surface area contributed by atoms with E-state index in [1.807, 2.05) is 0 Å². The van der Waals surface area contributed by atoms with Crippen LogP contribution in [0.3, 0.4) is 0 Å². The van der Waals surface area contributed by atoms with E-state index in [0.717, 1.165) is 4.57 Å². The fourth-order valence-electron chi connectivity index (χ4n) is 4.04. The summed E-state index contributed by atoms with van der Waals surface area (Å²) in [6, 6.07) is 8.45. The predicted molar refractivity (Wildman–Crippen MR) is 120 cm³/mol. The van der Waals surface area contributed by atoms with Gasteiger partial charge in [-0.2, -0.15) is 13.2 Å². The quantitative estimate of drug-likeness (QED) is 0.530. The van der Waals surface area contributed by atoms with Crippen LogP contribution in [0.1, 0.15) is 27.3 Å². The van der Waals surface area contributed by atoms with Gasteiger partial charge in [0.25, 0.3) is 5.91 Å². The fourth-order valence-corrected chi connectivity index (χ4v) is 5.34. The number of carbonyl (C=O) groups excluding carboxylic acids is 1. The van der Waals surface area contributed by atoms with E-state index in [-0.39, 0.29) is 58.8 Å². The first kappa shape index (κ1) is 24.2. The molecule has 34 heavy (non-hydrogen) atoms. The average molecular weight is 513 g/mol. The Hall–Kier alpha value is -2.92. The van der Waals surface area contributed by atoms with Crippen LogP contribution in [0.4, 0.5) is 13.2 Å². The fraction of sp³-hybridized carbons (Fsp3) is 0.318. The molecule has 1 amide bonds. The molecule has 0 N–H and O–H groups in total. The van der Waals surface area contributed by atoms with Crippen molar-refractivity contribution in [1.29, 1.82) is 0 Å². The van der Waals surface area contributed by atoms with Gasteiger partial charge in [0.05, 0.1) is 22.1 Å². The van der Waals surface area contributed by atoms with Gasteiger partial charge < -0.3 is 9.47 Å². The normalized spacial score (nSPS) is 16.0. The van der Waals surface area contributed by atoms with Crippen LogP contribution >= 0.6 is 11.6 Å². The summed E-state index contributed by atoms with van der Waals surface area (Å²) in [6.07, 6.45) is -2.29. The lowest BCUT2D eigenvalue weighted by Gasteiger charge is -2.28. The average Bonchev–Trinajstić information content (AvgIpc) is 3.06. The highest BCUT2D eigenvalue weighted by Crippen LogP contribution is 2.41. The zero-order valence-corrected chi connectivity index (χ0v) is 19.6. The van der Waals surface area contributed by atoms with Gasteiger partial charge >= 0.3 is 6.18 Å². The summed E-state index contributed by atoms with van der Waals surface area (Å²) in [5.41, 5.74) is -0.924. The molecular formula is C22H20ClF3N4O3S. The molecule has 0 saturated carbocycles. The molecule has 4 rings (SSSR count). The van der Waals surface area contributed by atoms with Gasteiger partial charge in [0.15, 0.2) is 15.7 Å². The van der Waals surface area contributed by atoms with Crippen molar-refractivity contribution >= 4 is 27.3 Å². The molecule has 1 aromatic carbocycles. The van der Waals surface area contributed by atoms with E-state index in [2.05, 4.69) is 9.97 Å². The second-order valence-electron chi connectivity index (χ2n) is 7.94. The molecule has 0 radical (unpaired) electrons. The minimum Gasteiger partial charge on any atom is -0.335 e. The molecule has 3 aromatic rings. The second-order valence-corrected chi connectivity index (χ2v) is 10.7. The predicted octanol–water partition coefficient (Wildman–Crippen LogP) is 3.84. The van der Waals surface area contributed by atoms with Crippen LogP contribution in [0.25, 0.3) is 11.4 Å². The number of carbonyl (C=O) groups is 1. The summed E-state index contributed by atoms with van der Waals surface area (Å²) >= 11 is 5.86. The molecule has 0 unspecified atom stereocenters. The topological polar surface area (TPSA) is 85.2 Å². The number of hydrogen-bond donors (Lipinski definition) is 0. The van der Waals surface area contributed by atoms with Gasteiger partial charge in [-0.15, -0.1) is 0 Å². The first-order chi connectivity index (χ1) is 16.0. The number of aromatic nitrogens is 3. The van der Waals surface area contributed by atoms with Crippen LogP contribution in [0.5, 0.6) is 0 Å². The molecule has 0 bridgehead atoms. The van der Waals surface area contributed by atoms with E-state index >= 15 is 0 Å². The number of hydrogen-bond acceptors (Lipinski definition) is 5. The van der Waals surface area contributed by atoms with Gasteiger partial charge in [-0.25, -0.2) is 18.4 Å². The monoisotopic (exact) mass is 512 g/mol. The lowest BCUT2D eigenvalue weighted by Crippen LogP contribution is -2.44. The molecular weight excluding hydrogens is 493 g/mol. The summed E-state index contributed by atoms with van der Waals surface area (Å²) in [5, 5.41) is 0.190. The van der Waals surface area contributed by atoms with Crippen molar-refractivity contribution in [2.24, 2.45) is 0 Å². The molecule has 0 atom stereocenters. The van der Waals surface area contributed by atoms with Crippen LogP contribution < -0.4 is 0 Å². The van der Waals surface area contributed by atoms with E-state index in [9.17, 15) is 26.4 Å². The zero-order valence-electron chi connectivity index (χ0n) is 18.0. The number of rotatable bonds is 4. The SMILES string of the molecule is Cc1c(-c2ncc(Cl)cn2)c(C(=O)N2CCS(=O)(=O)CC2)n(Cc2ccccc2)c1C(F)(F)F. The molecule has 7 nitrogen and oxygen atoms in total. The summed E-state index contributed by atoms with van der Waals surface area (Å²) in [5.74, 6) is -1.29. The number of nitrogens with zero attached hydrogens (tertiary/aromatic N) is 4. The van der Waals surface area contributed by atoms with Crippen LogP contribution in [-0.4, -0.2) is 58.4 Å². The van der Waals surface area contributed by atoms with Crippen molar-refractivity contribution in [2.45, 2.75) is 19.6 Å². The van der Waals surface area contributed by atoms with Crippen LogP contribution in [-0.2, 0) is 22.6 Å². The molecule has 1 saturated heterocycles. The summed E-state index contributed by atoms with van der Waals surface area (Å²) in [7, 11) is -3.30. The van der Waals surface area contributed by atoms with Gasteiger partial charge in [-0.3, -0.25) is 4.79 Å². The van der Waals surface area contributed by atoms with Gasteiger partial charge in [0, 0.05) is 32.0 Å². The maximum absolute atomic E-state index is 14.3. The Kier molecular flexibility index (Phi) is 6.43. The molecule has 3 heterocycles. The minimum atomic E-state index is -4.77. The van der Waals surface area contributed by atoms with Crippen molar-refractivity contribution in [2.75, 3.05) is 24.6 Å². The second kappa shape index (κ2) is 9.03. The lowest BCUT2D eigenvalue weighted by atomic mass is 10.1. The maximum atomic E-state index is 14.3. The third-order valence-electron chi connectivity index (χ3n) is 5.64. The highest BCUT2D eigenvalue weighted by atomic mass is 35.5. The van der Waals surface area contributed by atoms with Gasteiger partial charge in [0.1, 0.15) is 11.4 Å². The Morgan fingerprint density at radius 2 is 1.68 bits per heavy atom. The van der Waals surface area contributed by atoms with Crippen molar-refractivity contribution in [1.82, 2.24) is 19.4 Å². The van der Waals surface area contributed by atoms with E-state index in [0.29, 0.717) is 5.56 Å². The molecule has 1 aliphatic rings. The molecule has 12 heteroatoms. The van der Waals surface area contributed by atoms with Crippen LogP contribution in [0.2, 0.25) is 5.02 Å². The number of sulfone groups is 1. The summed E-state index contributed by atoms with van der Waals surface area (Å²) in [4.78, 5) is 23.0. The van der Waals surface area contributed by atoms with Crippen LogP contribution in [0.15, 0.2) is 42.7 Å². The van der Waals surface area contributed by atoms with E-state index in [1.165, 1.54) is 24.2 Å². The first-order valence-corrected chi connectivity index (χ1v) is 12.5. The van der Waals surface area contributed by atoms with E-state index in [4.69, 9.17) is 11.6 Å². The Labute approximate surface area is 199 Å². The summed E-state index contributed by atoms with van der Waals surface area (Å²) in [6.45, 7) is 0.824. The summed E-state index contributed by atoms with van der Waals surface area (Å²) < 4.78 is 67.5. The standard InChI is InChI=1S/C22H20ClF3N4O3S/c1-14-17(20-27-11-16(23)12-28-20)18(21(31)29-7-9-34(32,33)10-8-29)30(19(14)22(24,25)26)13-15-5-3-2-4-6-15/h2-6,11-12H,7-10,13H2,1H3. The Balaban J connectivity index is 1.95. The Morgan fingerprint density at radius 1 is 1.09 bits per heavy atom. The molecule has 1 fully saturated rings. The third-order valence-corrected chi connectivity index (χ3v) is 7.44. The van der Waals surface area contributed by atoms with Crippen molar-refractivity contribution in [3.63, 3.8) is 0 Å². The molecule has 1 aliphatic heterocycles. The zero-order chi connectivity index (χ0) is 24.7. The van der Waals surface area contributed by atoms with Gasteiger partial charge in [-0.1, -0.05) is 41.9 Å². The third kappa shape index (κ3) is 4.80. The van der Waals surface area contributed by atoms with Crippen molar-refractivity contribution in [3.05, 3.63) is 70.3 Å². The maximum Gasteiger partial charge on any atom is 0.431 e. The molecule has 180 valence electrons. The molecule has 0 spiro atoms. The first-order valence-electron chi connectivity index (χ1n) is 10.3. The minimum absolute atomic E-state index is 0.0571. The van der Waals surface area contributed by atoms with E-state index in [1.54, 1.807) is 30.3 Å². The van der Waals surface area contributed by atoms with Gasteiger partial charge in [-0.05, 0) is 18.1 Å². The highest BCUT2D eigenvalue weighted by molar-refractivity contribution is 7.91. The lowest BCUT2D eigenvalue weighted by molar-refractivity contribution is -0.143. The number of halogens is 4. The Morgan fingerprint density at radius 3 is 2.24 bits per heavy atom. The number of amides is 1. The van der Waals surface area contributed by atoms with Crippen molar-refractivity contribution in [3.8, 4) is 11.4 Å². The highest BCUT2D eigenvalue weighted by Gasteiger charge is 2.42.